The van der Waals surface area contributed by atoms with Crippen LogP contribution >= 0.6 is 0 Å². The maximum absolute atomic E-state index is 13.7. The monoisotopic (exact) mass is 787 g/mol. The van der Waals surface area contributed by atoms with E-state index in [0.29, 0.717) is 48.4 Å². The number of aliphatic hydroxyl groups is 1. The smallest absolute Gasteiger partial charge is 0.407 e. The van der Waals surface area contributed by atoms with Crippen LogP contribution in [0.1, 0.15) is 101 Å². The van der Waals surface area contributed by atoms with E-state index < -0.39 is 53.1 Å². The van der Waals surface area contributed by atoms with E-state index in [1.54, 1.807) is 58.2 Å². The topological polar surface area (TPSA) is 233 Å². The molecule has 0 bridgehead atoms. The van der Waals surface area contributed by atoms with Crippen molar-refractivity contribution in [1.29, 1.82) is 0 Å². The summed E-state index contributed by atoms with van der Waals surface area (Å²) in [5.74, 6) is -2.42. The number of carbonyl (C=O) groups excluding carboxylic acids is 5. The van der Waals surface area contributed by atoms with E-state index in [0.717, 1.165) is 34.9 Å². The van der Waals surface area contributed by atoms with Gasteiger partial charge in [-0.2, -0.15) is 0 Å². The van der Waals surface area contributed by atoms with Crippen LogP contribution in [0, 0.1) is 5.92 Å². The minimum absolute atomic E-state index is 0.0489. The summed E-state index contributed by atoms with van der Waals surface area (Å²) >= 11 is 0. The molecule has 0 unspecified atom stereocenters. The van der Waals surface area contributed by atoms with Gasteiger partial charge in [0.05, 0.1) is 41.6 Å². The molecular formula is C41H53N7O9. The molecule has 1 aliphatic carbocycles. The second kappa shape index (κ2) is 16.3. The number of nitrogens with zero attached hydrogens (tertiary/aromatic N) is 2. The second-order valence-corrected chi connectivity index (χ2v) is 16.4. The Balaban J connectivity index is 1.16. The van der Waals surface area contributed by atoms with Crippen molar-refractivity contribution in [2.75, 3.05) is 18.4 Å². The van der Waals surface area contributed by atoms with Gasteiger partial charge in [0.1, 0.15) is 18.2 Å². The van der Waals surface area contributed by atoms with Crippen LogP contribution in [0.25, 0.3) is 22.3 Å². The zero-order chi connectivity index (χ0) is 41.4. The third-order valence-corrected chi connectivity index (χ3v) is 10.9. The Morgan fingerprint density at radius 1 is 1.04 bits per heavy atom. The van der Waals surface area contributed by atoms with Crippen molar-refractivity contribution in [3.05, 3.63) is 56.4 Å². The van der Waals surface area contributed by atoms with Gasteiger partial charge in [0.15, 0.2) is 5.60 Å². The molecule has 0 saturated heterocycles. The fourth-order valence-corrected chi connectivity index (χ4v) is 7.74. The number of rotatable bonds is 13. The van der Waals surface area contributed by atoms with Gasteiger partial charge in [0, 0.05) is 28.7 Å². The Kier molecular flexibility index (Phi) is 11.8. The number of benzene rings is 1. The minimum atomic E-state index is -1.92. The lowest BCUT2D eigenvalue weighted by atomic mass is 9.85. The highest BCUT2D eigenvalue weighted by Crippen LogP contribution is 2.43. The van der Waals surface area contributed by atoms with E-state index in [1.807, 2.05) is 6.07 Å². The Morgan fingerprint density at radius 3 is 2.47 bits per heavy atom. The molecule has 0 spiro atoms. The van der Waals surface area contributed by atoms with Crippen molar-refractivity contribution in [1.82, 2.24) is 25.5 Å². The first-order valence-corrected chi connectivity index (χ1v) is 19.7. The van der Waals surface area contributed by atoms with Gasteiger partial charge in [0.2, 0.25) is 17.7 Å². The molecule has 3 atom stereocenters. The van der Waals surface area contributed by atoms with Gasteiger partial charge in [-0.15, -0.1) is 0 Å². The summed E-state index contributed by atoms with van der Waals surface area (Å²) in [6.45, 7) is 10.6. The summed E-state index contributed by atoms with van der Waals surface area (Å²) in [5, 5.41) is 23.2. The number of nitrogens with two attached hydrogens (primary N) is 1. The number of alkyl carbamates (subject to hydrolysis) is 1. The number of esters is 1. The molecule has 306 valence electrons. The standard InChI is InChI=1S/C41H53N7O9/c1-7-41(55)26-17-30-34-24(19-48(30)37(52)25(26)20-56-38(41)53)22-11-10-12-23-27(14-15-28(46-34)32(22)23)45-31(49)18-44-35(50)29(47-36(51)33(42)21(2)3)13-8-9-16-43-39(54)57-40(4,5)6/h14-15,17,21,29,33,55H,7-13,16,18-20,42H2,1-6H3,(H,43,54)(H,44,50)(H,45,49)(H,47,51)/t29-,33-,41-/m0/s1. The predicted molar refractivity (Wildman–Crippen MR) is 211 cm³/mol. The Bertz CT molecular complexity index is 2190. The molecule has 3 aliphatic rings. The fraction of sp³-hybridized carbons (Fsp3) is 0.537. The molecule has 57 heavy (non-hydrogen) atoms. The van der Waals surface area contributed by atoms with Gasteiger partial charge in [-0.1, -0.05) is 20.8 Å². The average Bonchev–Trinajstić information content (AvgIpc) is 3.53. The lowest BCUT2D eigenvalue weighted by Crippen LogP contribution is -2.53. The fourth-order valence-electron chi connectivity index (χ4n) is 7.74. The maximum atomic E-state index is 13.7. The molecule has 0 radical (unpaired) electrons. The number of fused-ring (bicyclic) bond motifs is 5. The predicted octanol–water partition coefficient (Wildman–Crippen LogP) is 2.79. The first-order valence-electron chi connectivity index (χ1n) is 19.7. The van der Waals surface area contributed by atoms with Crippen LogP contribution in [0.4, 0.5) is 10.5 Å². The molecule has 4 amide bonds. The molecule has 16 heteroatoms. The molecule has 7 N–H and O–H groups in total. The number of pyridine rings is 2. The molecule has 4 heterocycles. The number of carbonyl (C=O) groups is 5. The highest BCUT2D eigenvalue weighted by molar-refractivity contribution is 6.01. The lowest BCUT2D eigenvalue weighted by Gasteiger charge is -2.31. The largest absolute Gasteiger partial charge is 0.458 e. The molecule has 2 aromatic heterocycles. The summed E-state index contributed by atoms with van der Waals surface area (Å²) in [6, 6.07) is 3.49. The van der Waals surface area contributed by atoms with Crippen molar-refractivity contribution in [3.8, 4) is 11.4 Å². The zero-order valence-electron chi connectivity index (χ0n) is 33.4. The Labute approximate surface area is 330 Å². The third kappa shape index (κ3) is 8.37. The number of aryl methyl sites for hydroxylation is 2. The van der Waals surface area contributed by atoms with E-state index in [4.69, 9.17) is 20.2 Å². The summed E-state index contributed by atoms with van der Waals surface area (Å²) in [7, 11) is 0. The van der Waals surface area contributed by atoms with Crippen LogP contribution in [0.2, 0.25) is 0 Å². The first-order chi connectivity index (χ1) is 26.9. The SMILES string of the molecule is CC[C@@]1(O)C(=O)OCc2c1cc1n(c2=O)Cc2c-1nc1ccc(NC(=O)CNC(=O)[C@H](CCCCNC(=O)OC(C)(C)C)NC(=O)[C@@H](N)C(C)C)c3c1c2CCC3. The Hall–Kier alpha value is -5.35. The van der Waals surface area contributed by atoms with Crippen molar-refractivity contribution in [2.45, 2.75) is 123 Å². The maximum Gasteiger partial charge on any atom is 0.407 e. The van der Waals surface area contributed by atoms with E-state index in [2.05, 4.69) is 21.3 Å². The van der Waals surface area contributed by atoms with Gasteiger partial charge < -0.3 is 46.1 Å². The number of hydrogen-bond donors (Lipinski definition) is 6. The number of cyclic esters (lactones) is 1. The molecule has 0 fully saturated rings. The van der Waals surface area contributed by atoms with Gasteiger partial charge in [-0.3, -0.25) is 19.2 Å². The van der Waals surface area contributed by atoms with Gasteiger partial charge in [-0.25, -0.2) is 14.6 Å². The van der Waals surface area contributed by atoms with Crippen molar-refractivity contribution >= 4 is 46.4 Å². The van der Waals surface area contributed by atoms with Gasteiger partial charge >= 0.3 is 12.1 Å². The molecule has 0 saturated carbocycles. The number of unbranched alkanes of at least 4 members (excludes halogenated alkanes) is 1. The quantitative estimate of drug-likeness (QED) is 0.0852. The average molecular weight is 788 g/mol. The van der Waals surface area contributed by atoms with E-state index in [1.165, 1.54) is 0 Å². The molecule has 6 rings (SSSR count). The van der Waals surface area contributed by atoms with Crippen LogP contribution in [-0.4, -0.2) is 75.2 Å². The number of hydrogen-bond acceptors (Lipinski definition) is 11. The van der Waals surface area contributed by atoms with Gasteiger partial charge in [0.25, 0.3) is 5.56 Å². The van der Waals surface area contributed by atoms with Crippen LogP contribution < -0.4 is 32.6 Å². The highest BCUT2D eigenvalue weighted by atomic mass is 16.6. The molecule has 2 aliphatic heterocycles. The number of ether oxygens (including phenoxy) is 2. The summed E-state index contributed by atoms with van der Waals surface area (Å²) in [5.41, 5.74) is 8.92. The highest BCUT2D eigenvalue weighted by Gasteiger charge is 2.45. The van der Waals surface area contributed by atoms with Crippen LogP contribution in [-0.2, 0) is 60.2 Å². The molecule has 16 nitrogen and oxygen atoms in total. The van der Waals surface area contributed by atoms with Crippen LogP contribution in [0.15, 0.2) is 23.0 Å². The normalized spacial score (nSPS) is 17.8. The van der Waals surface area contributed by atoms with Crippen molar-refractivity contribution in [2.24, 2.45) is 11.7 Å². The summed E-state index contributed by atoms with van der Waals surface area (Å²) in [4.78, 5) is 82.9. The molecule has 1 aromatic carbocycles. The Morgan fingerprint density at radius 2 is 1.77 bits per heavy atom. The second-order valence-electron chi connectivity index (χ2n) is 16.4. The third-order valence-electron chi connectivity index (χ3n) is 10.9. The lowest BCUT2D eigenvalue weighted by molar-refractivity contribution is -0.172. The van der Waals surface area contributed by atoms with Crippen molar-refractivity contribution in [3.63, 3.8) is 0 Å². The molecular weight excluding hydrogens is 734 g/mol. The zero-order valence-corrected chi connectivity index (χ0v) is 33.4. The number of nitrogens with one attached hydrogen (secondary N) is 4. The number of amides is 4. The summed E-state index contributed by atoms with van der Waals surface area (Å²) < 4.78 is 12.1. The number of aromatic nitrogens is 2. The van der Waals surface area contributed by atoms with E-state index in [-0.39, 0.29) is 55.1 Å². The van der Waals surface area contributed by atoms with E-state index >= 15 is 0 Å². The van der Waals surface area contributed by atoms with Gasteiger partial charge in [-0.05, 0) is 101 Å². The van der Waals surface area contributed by atoms with Crippen LogP contribution in [0.5, 0.6) is 0 Å². The number of anilines is 1. The van der Waals surface area contributed by atoms with E-state index in [9.17, 15) is 33.9 Å². The molecule has 3 aromatic rings. The first kappa shape index (κ1) is 41.3. The van der Waals surface area contributed by atoms with Crippen molar-refractivity contribution < 1.29 is 38.6 Å². The minimum Gasteiger partial charge on any atom is -0.458 e. The summed E-state index contributed by atoms with van der Waals surface area (Å²) in [6.07, 6.45) is 2.94. The van der Waals surface area contributed by atoms with Crippen LogP contribution in [0.3, 0.4) is 0 Å².